The quantitative estimate of drug-likeness (QED) is 0.669. The minimum atomic E-state index is -0.890. The van der Waals surface area contributed by atoms with E-state index in [2.05, 4.69) is 15.6 Å². The van der Waals surface area contributed by atoms with Crippen molar-refractivity contribution in [1.29, 1.82) is 0 Å². The van der Waals surface area contributed by atoms with Crippen LogP contribution in [0.5, 0.6) is 0 Å². The van der Waals surface area contributed by atoms with Gasteiger partial charge in [-0.05, 0) is 36.8 Å². The molecule has 22 heavy (non-hydrogen) atoms. The van der Waals surface area contributed by atoms with Gasteiger partial charge in [0.1, 0.15) is 5.69 Å². The number of hydrogen-bond donors (Lipinski definition) is 4. The molecule has 1 atom stereocenters. The number of hydrogen-bond acceptors (Lipinski definition) is 4. The molecule has 0 radical (unpaired) electrons. The highest BCUT2D eigenvalue weighted by atomic mass is 16.3. The number of nitrogens with two attached hydrogens (primary N) is 1. The number of carbonyl (C=O) groups is 2. The van der Waals surface area contributed by atoms with E-state index in [1.54, 1.807) is 6.07 Å². The summed E-state index contributed by atoms with van der Waals surface area (Å²) < 4.78 is 0. The minimum absolute atomic E-state index is 0.132. The number of nitrogens with zero attached hydrogens (tertiary/aromatic N) is 1. The van der Waals surface area contributed by atoms with Gasteiger partial charge < -0.3 is 21.5 Å². The van der Waals surface area contributed by atoms with Crippen LogP contribution >= 0.6 is 0 Å². The van der Waals surface area contributed by atoms with Crippen LogP contribution in [0.25, 0.3) is 0 Å². The van der Waals surface area contributed by atoms with E-state index in [0.717, 1.165) is 12.8 Å². The summed E-state index contributed by atoms with van der Waals surface area (Å²) in [4.78, 5) is 26.6. The van der Waals surface area contributed by atoms with Gasteiger partial charge in [0.25, 0.3) is 5.91 Å². The van der Waals surface area contributed by atoms with Gasteiger partial charge in [0, 0.05) is 6.54 Å². The van der Waals surface area contributed by atoms with E-state index >= 15 is 0 Å². The monoisotopic (exact) mass is 306 g/mol. The number of pyridine rings is 1. The number of urea groups is 1. The summed E-state index contributed by atoms with van der Waals surface area (Å²) in [6.45, 7) is 4.21. The number of aromatic nitrogens is 1. The Hall–Kier alpha value is -2.15. The number of rotatable bonds is 4. The highest BCUT2D eigenvalue weighted by molar-refractivity contribution is 5.92. The van der Waals surface area contributed by atoms with Gasteiger partial charge in [-0.1, -0.05) is 13.8 Å². The van der Waals surface area contributed by atoms with Gasteiger partial charge in [-0.2, -0.15) is 0 Å². The van der Waals surface area contributed by atoms with Gasteiger partial charge in [0.15, 0.2) is 0 Å². The van der Waals surface area contributed by atoms with E-state index in [9.17, 15) is 14.7 Å². The van der Waals surface area contributed by atoms with Gasteiger partial charge in [0.05, 0.1) is 17.5 Å². The lowest BCUT2D eigenvalue weighted by Crippen LogP contribution is -2.50. The van der Waals surface area contributed by atoms with E-state index in [0.29, 0.717) is 12.1 Å². The molecule has 1 heterocycles. The summed E-state index contributed by atoms with van der Waals surface area (Å²) in [7, 11) is 0. The van der Waals surface area contributed by atoms with Crippen molar-refractivity contribution in [2.45, 2.75) is 38.7 Å². The molecule has 1 aliphatic rings. The zero-order chi connectivity index (χ0) is 16.4. The summed E-state index contributed by atoms with van der Waals surface area (Å²) >= 11 is 0. The highest BCUT2D eigenvalue weighted by Crippen LogP contribution is 2.45. The maximum Gasteiger partial charge on any atom is 0.319 e. The SMILES string of the molecule is CC1(C)CCCC1(O)CNC(=O)Nc1ccc(C(N)=O)nc1. The Kier molecular flexibility index (Phi) is 4.37. The van der Waals surface area contributed by atoms with Crippen molar-refractivity contribution < 1.29 is 14.7 Å². The van der Waals surface area contributed by atoms with Crippen LogP contribution in [0.3, 0.4) is 0 Å². The lowest BCUT2D eigenvalue weighted by atomic mass is 9.78. The zero-order valence-corrected chi connectivity index (χ0v) is 12.8. The Morgan fingerprint density at radius 3 is 2.59 bits per heavy atom. The molecule has 0 spiro atoms. The molecule has 7 nitrogen and oxygen atoms in total. The molecule has 1 unspecified atom stereocenters. The maximum absolute atomic E-state index is 11.9. The lowest BCUT2D eigenvalue weighted by molar-refractivity contribution is -0.0383. The number of aliphatic hydroxyl groups is 1. The lowest BCUT2D eigenvalue weighted by Gasteiger charge is -2.36. The third-order valence-electron chi connectivity index (χ3n) is 4.47. The Morgan fingerprint density at radius 1 is 1.36 bits per heavy atom. The van der Waals surface area contributed by atoms with E-state index in [4.69, 9.17) is 5.73 Å². The topological polar surface area (TPSA) is 117 Å². The Labute approximate surface area is 129 Å². The second kappa shape index (κ2) is 5.92. The predicted octanol–water partition coefficient (Wildman–Crippen LogP) is 1.24. The first-order chi connectivity index (χ1) is 10.2. The molecule has 1 fully saturated rings. The highest BCUT2D eigenvalue weighted by Gasteiger charge is 2.47. The molecule has 1 aromatic rings. The largest absolute Gasteiger partial charge is 0.387 e. The van der Waals surface area contributed by atoms with E-state index < -0.39 is 17.5 Å². The second-order valence-corrected chi connectivity index (χ2v) is 6.37. The minimum Gasteiger partial charge on any atom is -0.387 e. The summed E-state index contributed by atoms with van der Waals surface area (Å²) in [6.07, 6.45) is 3.92. The van der Waals surface area contributed by atoms with Crippen molar-refractivity contribution in [1.82, 2.24) is 10.3 Å². The fourth-order valence-electron chi connectivity index (χ4n) is 2.74. The van der Waals surface area contributed by atoms with E-state index in [-0.39, 0.29) is 17.7 Å². The fourth-order valence-corrected chi connectivity index (χ4v) is 2.74. The van der Waals surface area contributed by atoms with Crippen molar-refractivity contribution in [2.24, 2.45) is 11.1 Å². The maximum atomic E-state index is 11.9. The number of primary amides is 1. The average molecular weight is 306 g/mol. The van der Waals surface area contributed by atoms with E-state index in [1.807, 2.05) is 13.8 Å². The van der Waals surface area contributed by atoms with Crippen molar-refractivity contribution in [2.75, 3.05) is 11.9 Å². The zero-order valence-electron chi connectivity index (χ0n) is 12.8. The summed E-state index contributed by atoms with van der Waals surface area (Å²) in [5.41, 5.74) is 4.56. The molecular weight excluding hydrogens is 284 g/mol. The molecular formula is C15H22N4O3. The number of anilines is 1. The van der Waals surface area contributed by atoms with E-state index in [1.165, 1.54) is 12.3 Å². The Balaban J connectivity index is 1.89. The van der Waals surface area contributed by atoms with Crippen LogP contribution in [-0.4, -0.2) is 34.2 Å². The first-order valence-electron chi connectivity index (χ1n) is 7.27. The van der Waals surface area contributed by atoms with Crippen LogP contribution in [-0.2, 0) is 0 Å². The molecule has 3 amide bonds. The first-order valence-corrected chi connectivity index (χ1v) is 7.27. The molecule has 0 aromatic carbocycles. The summed E-state index contributed by atoms with van der Waals surface area (Å²) in [6, 6.07) is 2.55. The van der Waals surface area contributed by atoms with Crippen molar-refractivity contribution in [3.63, 3.8) is 0 Å². The van der Waals surface area contributed by atoms with Crippen LogP contribution in [0.2, 0.25) is 0 Å². The van der Waals surface area contributed by atoms with Crippen molar-refractivity contribution >= 4 is 17.6 Å². The predicted molar refractivity (Wildman–Crippen MR) is 82.4 cm³/mol. The molecule has 1 saturated carbocycles. The normalized spacial score (nSPS) is 23.0. The number of nitrogens with one attached hydrogen (secondary N) is 2. The molecule has 2 rings (SSSR count). The van der Waals surface area contributed by atoms with Gasteiger partial charge >= 0.3 is 6.03 Å². The van der Waals surface area contributed by atoms with Crippen LogP contribution in [0.1, 0.15) is 43.6 Å². The Morgan fingerprint density at radius 2 is 2.09 bits per heavy atom. The van der Waals surface area contributed by atoms with Crippen LogP contribution in [0.4, 0.5) is 10.5 Å². The van der Waals surface area contributed by atoms with Crippen LogP contribution in [0, 0.1) is 5.41 Å². The first kappa shape index (κ1) is 16.2. The molecule has 0 saturated heterocycles. The van der Waals surface area contributed by atoms with Crippen LogP contribution < -0.4 is 16.4 Å². The standard InChI is InChI=1S/C15H22N4O3/c1-14(2)6-3-7-15(14,22)9-18-13(21)19-10-4-5-11(12(16)20)17-8-10/h4-5,8,22H,3,6-7,9H2,1-2H3,(H2,16,20)(H2,18,19,21). The summed E-state index contributed by atoms with van der Waals surface area (Å²) in [5, 5.41) is 15.9. The van der Waals surface area contributed by atoms with Gasteiger partial charge in [-0.25, -0.2) is 9.78 Å². The molecule has 1 aromatic heterocycles. The molecule has 0 bridgehead atoms. The van der Waals surface area contributed by atoms with Gasteiger partial charge in [-0.3, -0.25) is 4.79 Å². The summed E-state index contributed by atoms with van der Waals surface area (Å²) in [5.74, 6) is -0.623. The molecule has 0 aliphatic heterocycles. The molecule has 5 N–H and O–H groups in total. The van der Waals surface area contributed by atoms with Crippen molar-refractivity contribution in [3.8, 4) is 0 Å². The Bertz CT molecular complexity index is 571. The van der Waals surface area contributed by atoms with Crippen LogP contribution in [0.15, 0.2) is 18.3 Å². The number of carbonyl (C=O) groups excluding carboxylic acids is 2. The average Bonchev–Trinajstić information content (AvgIpc) is 2.71. The molecule has 7 heteroatoms. The second-order valence-electron chi connectivity index (χ2n) is 6.37. The van der Waals surface area contributed by atoms with Gasteiger partial charge in [-0.15, -0.1) is 0 Å². The third-order valence-corrected chi connectivity index (χ3v) is 4.47. The molecule has 120 valence electrons. The fraction of sp³-hybridized carbons (Fsp3) is 0.533. The molecule has 1 aliphatic carbocycles. The van der Waals surface area contributed by atoms with Crippen molar-refractivity contribution in [3.05, 3.63) is 24.0 Å². The third kappa shape index (κ3) is 3.36. The smallest absolute Gasteiger partial charge is 0.319 e. The number of amides is 3. The van der Waals surface area contributed by atoms with Gasteiger partial charge in [0.2, 0.25) is 0 Å².